The number of amides is 1. The molecule has 1 aliphatic carbocycles. The highest BCUT2D eigenvalue weighted by Gasteiger charge is 2.35. The third-order valence-corrected chi connectivity index (χ3v) is 5.12. The van der Waals surface area contributed by atoms with Gasteiger partial charge in [0.2, 0.25) is 12.2 Å². The number of carbonyl (C=O) groups excluding carboxylic acids is 3. The highest BCUT2D eigenvalue weighted by Crippen LogP contribution is 2.38. The number of primary amides is 1. The van der Waals surface area contributed by atoms with E-state index >= 15 is 0 Å². The van der Waals surface area contributed by atoms with E-state index in [1.165, 1.54) is 0 Å². The molecule has 0 unspecified atom stereocenters. The van der Waals surface area contributed by atoms with Crippen LogP contribution in [0.2, 0.25) is 0 Å². The Bertz CT molecular complexity index is 979. The molecule has 1 amide bonds. The minimum Gasteiger partial charge on any atom is -0.493 e. The molecule has 6 heteroatoms. The predicted octanol–water partition coefficient (Wildman–Crippen LogP) is 5.75. The molecule has 6 nitrogen and oxygen atoms in total. The lowest BCUT2D eigenvalue weighted by Gasteiger charge is -2.23. The lowest BCUT2D eigenvalue weighted by atomic mass is 9.82. The first-order chi connectivity index (χ1) is 16.2. The van der Waals surface area contributed by atoms with Crippen LogP contribution in [0.3, 0.4) is 0 Å². The van der Waals surface area contributed by atoms with Crippen molar-refractivity contribution in [3.63, 3.8) is 0 Å². The molecule has 2 aromatic rings. The number of fused-ring (bicyclic) bond motifs is 2. The molecule has 0 aromatic heterocycles. The van der Waals surface area contributed by atoms with Crippen molar-refractivity contribution in [2.75, 3.05) is 13.2 Å². The number of hydrogen-bond donors (Lipinski definition) is 1. The molecule has 0 atom stereocenters. The van der Waals surface area contributed by atoms with E-state index in [9.17, 15) is 9.59 Å². The quantitative estimate of drug-likeness (QED) is 0.424. The van der Waals surface area contributed by atoms with Gasteiger partial charge in [-0.25, -0.2) is 0 Å². The van der Waals surface area contributed by atoms with Crippen molar-refractivity contribution in [3.05, 3.63) is 58.1 Å². The lowest BCUT2D eigenvalue weighted by Crippen LogP contribution is -2.23. The molecular formula is C28H39NO5. The summed E-state index contributed by atoms with van der Waals surface area (Å²) < 4.78 is 11.9. The van der Waals surface area contributed by atoms with Crippen molar-refractivity contribution in [2.45, 2.75) is 61.3 Å². The Morgan fingerprint density at radius 3 is 1.85 bits per heavy atom. The topological polar surface area (TPSA) is 95.7 Å². The number of ketones is 2. The van der Waals surface area contributed by atoms with Crippen LogP contribution in [-0.4, -0.2) is 31.2 Å². The average Bonchev–Trinajstić information content (AvgIpc) is 2.78. The van der Waals surface area contributed by atoms with Gasteiger partial charge in [-0.1, -0.05) is 53.7 Å². The fraction of sp³-hybridized carbons (Fsp3) is 0.464. The first-order valence-electron chi connectivity index (χ1n) is 12.0. The number of carbonyl (C=O) groups is 3. The fourth-order valence-corrected chi connectivity index (χ4v) is 3.43. The van der Waals surface area contributed by atoms with Gasteiger partial charge in [-0.2, -0.15) is 0 Å². The maximum atomic E-state index is 13.5. The second-order valence-corrected chi connectivity index (χ2v) is 8.72. The number of rotatable bonds is 8. The molecular weight excluding hydrogens is 430 g/mol. The number of nitrogens with two attached hydrogens (primary N) is 1. The van der Waals surface area contributed by atoms with Gasteiger partial charge in [-0.15, -0.1) is 0 Å². The molecule has 0 spiro atoms. The summed E-state index contributed by atoms with van der Waals surface area (Å²) in [6, 6.07) is 8.87. The zero-order valence-corrected chi connectivity index (χ0v) is 21.6. The average molecular weight is 470 g/mol. The molecule has 0 saturated heterocycles. The summed E-state index contributed by atoms with van der Waals surface area (Å²) in [6.07, 6.45) is 2.01. The summed E-state index contributed by atoms with van der Waals surface area (Å²) in [6.45, 7) is 15.4. The van der Waals surface area contributed by atoms with Crippen LogP contribution in [0.4, 0.5) is 0 Å². The van der Waals surface area contributed by atoms with Crippen LogP contribution in [0.1, 0.15) is 91.8 Å². The van der Waals surface area contributed by atoms with Crippen molar-refractivity contribution in [2.24, 2.45) is 17.6 Å². The van der Waals surface area contributed by atoms with Gasteiger partial charge in [0.25, 0.3) is 0 Å². The van der Waals surface area contributed by atoms with Crippen molar-refractivity contribution in [3.8, 4) is 11.5 Å². The first kappa shape index (κ1) is 28.9. The predicted molar refractivity (Wildman–Crippen MR) is 136 cm³/mol. The molecule has 2 aromatic carbocycles. The third-order valence-electron chi connectivity index (χ3n) is 5.12. The lowest BCUT2D eigenvalue weighted by molar-refractivity contribution is -0.106. The summed E-state index contributed by atoms with van der Waals surface area (Å²) in [5.41, 5.74) is 6.60. The molecule has 0 fully saturated rings. The highest BCUT2D eigenvalue weighted by molar-refractivity contribution is 6.30. The summed E-state index contributed by atoms with van der Waals surface area (Å²) in [5.74, 6) is 1.60. The van der Waals surface area contributed by atoms with Crippen molar-refractivity contribution in [1.29, 1.82) is 0 Å². The van der Waals surface area contributed by atoms with E-state index in [-0.39, 0.29) is 18.0 Å². The molecule has 3 rings (SSSR count). The standard InChI is InChI=1S/C25H30O4.C2H6.CH3NO/c1-15(2)9-11-28-20-8-6-7-18-22(20)25(27)23-19(24(18)26)13-17(5)14-21(23)29-12-10-16(3)4;1-2;2-1-3/h6-8,13-16H,9-12H2,1-5H3;1-2H3;1H,(H2,2,3). The minimum atomic E-state index is -0.200. The van der Waals surface area contributed by atoms with Gasteiger partial charge < -0.3 is 15.2 Å². The number of ether oxygens (including phenoxy) is 2. The summed E-state index contributed by atoms with van der Waals surface area (Å²) in [4.78, 5) is 35.3. The number of hydrogen-bond acceptors (Lipinski definition) is 5. The Balaban J connectivity index is 0.00000107. The Kier molecular flexibility index (Phi) is 12.1. The van der Waals surface area contributed by atoms with Crippen molar-refractivity contribution < 1.29 is 23.9 Å². The molecule has 0 radical (unpaired) electrons. The first-order valence-corrected chi connectivity index (χ1v) is 12.0. The van der Waals surface area contributed by atoms with Gasteiger partial charge in [0, 0.05) is 11.1 Å². The molecule has 0 aliphatic heterocycles. The van der Waals surface area contributed by atoms with E-state index in [2.05, 4.69) is 33.4 Å². The molecule has 186 valence electrons. The minimum absolute atomic E-state index is 0.152. The third kappa shape index (κ3) is 7.44. The van der Waals surface area contributed by atoms with Gasteiger partial charge in [0.05, 0.1) is 24.3 Å². The monoisotopic (exact) mass is 469 g/mol. The molecule has 1 aliphatic rings. The Labute approximate surface area is 203 Å². The Morgan fingerprint density at radius 1 is 0.824 bits per heavy atom. The van der Waals surface area contributed by atoms with Gasteiger partial charge in [0.1, 0.15) is 11.5 Å². The second kappa shape index (κ2) is 14.2. The van der Waals surface area contributed by atoms with Crippen LogP contribution in [0, 0.1) is 18.8 Å². The maximum Gasteiger partial charge on any atom is 0.204 e. The van der Waals surface area contributed by atoms with Crippen molar-refractivity contribution >= 4 is 18.0 Å². The van der Waals surface area contributed by atoms with E-state index in [0.717, 1.165) is 18.4 Å². The normalized spacial score (nSPS) is 11.6. The van der Waals surface area contributed by atoms with Crippen LogP contribution >= 0.6 is 0 Å². The van der Waals surface area contributed by atoms with Gasteiger partial charge in [-0.3, -0.25) is 14.4 Å². The zero-order chi connectivity index (χ0) is 25.8. The molecule has 2 N–H and O–H groups in total. The zero-order valence-electron chi connectivity index (χ0n) is 21.6. The number of benzene rings is 2. The second-order valence-electron chi connectivity index (χ2n) is 8.72. The van der Waals surface area contributed by atoms with E-state index in [1.807, 2.05) is 26.8 Å². The number of aryl methyl sites for hydroxylation is 1. The fourth-order valence-electron chi connectivity index (χ4n) is 3.43. The summed E-state index contributed by atoms with van der Waals surface area (Å²) >= 11 is 0. The molecule has 0 bridgehead atoms. The Hall–Kier alpha value is -3.15. The highest BCUT2D eigenvalue weighted by atomic mass is 16.5. The van der Waals surface area contributed by atoms with Crippen LogP contribution < -0.4 is 15.2 Å². The van der Waals surface area contributed by atoms with Gasteiger partial charge in [0.15, 0.2) is 5.78 Å². The van der Waals surface area contributed by atoms with E-state index in [4.69, 9.17) is 14.3 Å². The van der Waals surface area contributed by atoms with Crippen molar-refractivity contribution in [1.82, 2.24) is 0 Å². The molecule has 34 heavy (non-hydrogen) atoms. The molecule has 0 saturated carbocycles. The van der Waals surface area contributed by atoms with Crippen LogP contribution in [0.15, 0.2) is 30.3 Å². The Morgan fingerprint density at radius 2 is 1.32 bits per heavy atom. The van der Waals surface area contributed by atoms with E-state index in [1.54, 1.807) is 24.3 Å². The summed E-state index contributed by atoms with van der Waals surface area (Å²) in [7, 11) is 0. The van der Waals surface area contributed by atoms with Crippen LogP contribution in [0.25, 0.3) is 0 Å². The largest absolute Gasteiger partial charge is 0.493 e. The van der Waals surface area contributed by atoms with E-state index in [0.29, 0.717) is 58.8 Å². The van der Waals surface area contributed by atoms with Gasteiger partial charge in [-0.05, 0) is 55.4 Å². The molecule has 0 heterocycles. The smallest absolute Gasteiger partial charge is 0.204 e. The maximum absolute atomic E-state index is 13.5. The van der Waals surface area contributed by atoms with Crippen LogP contribution in [0.5, 0.6) is 11.5 Å². The SMILES string of the molecule is CC.Cc1cc(OCCC(C)C)c2c(c1)C(=O)c1cccc(OCCC(C)C)c1C2=O.NC=O. The summed E-state index contributed by atoms with van der Waals surface area (Å²) in [5, 5.41) is 0. The van der Waals surface area contributed by atoms with E-state index < -0.39 is 0 Å². The van der Waals surface area contributed by atoms with Crippen LogP contribution in [-0.2, 0) is 4.79 Å². The van der Waals surface area contributed by atoms with Gasteiger partial charge >= 0.3 is 0 Å².